The summed E-state index contributed by atoms with van der Waals surface area (Å²) in [5.74, 6) is -12.6. The lowest BCUT2D eigenvalue weighted by Gasteiger charge is -2.51. The molecule has 4 saturated heterocycles. The first-order valence-electron chi connectivity index (χ1n) is 47.7. The van der Waals surface area contributed by atoms with Crippen LogP contribution in [0.4, 0.5) is 35.1 Å². The third kappa shape index (κ3) is 14.0. The number of halogens is 8. The number of benzene rings is 8. The Hall–Kier alpha value is -17.1. The van der Waals surface area contributed by atoms with Gasteiger partial charge in [-0.05, 0) is 92.0 Å². The summed E-state index contributed by atoms with van der Waals surface area (Å²) < 4.78 is 154. The molecule has 28 rings (SSSR count). The largest absolute Gasteiger partial charge is 0.502 e. The molecule has 0 radical (unpaired) electrons. The van der Waals surface area contributed by atoms with Gasteiger partial charge in [0.25, 0.3) is 23.6 Å². The van der Waals surface area contributed by atoms with Gasteiger partial charge in [0.1, 0.15) is 24.7 Å². The highest BCUT2D eigenvalue weighted by Crippen LogP contribution is 2.57. The Balaban J connectivity index is 0.000000104. The van der Waals surface area contributed by atoms with Crippen molar-refractivity contribution in [2.24, 2.45) is 14.1 Å². The fourth-order valence-electron chi connectivity index (χ4n) is 23.3. The second-order valence-corrected chi connectivity index (χ2v) is 39.0. The summed E-state index contributed by atoms with van der Waals surface area (Å²) in [5, 5.41) is 50.1. The molecule has 8 aliphatic heterocycles. The lowest BCUT2D eigenvalue weighted by atomic mass is 9.91. The highest BCUT2D eigenvalue weighted by atomic mass is 32.1. The van der Waals surface area contributed by atoms with Gasteiger partial charge < -0.3 is 68.1 Å². The molecule has 16 aromatic rings. The van der Waals surface area contributed by atoms with Crippen LogP contribution in [-0.2, 0) is 33.0 Å². The number of aryl methyl sites for hydroxylation is 2. The van der Waals surface area contributed by atoms with Crippen molar-refractivity contribution in [1.82, 2.24) is 57.4 Å². The van der Waals surface area contributed by atoms with Gasteiger partial charge >= 0.3 is 0 Å². The van der Waals surface area contributed by atoms with Gasteiger partial charge in [0.15, 0.2) is 92.3 Å². The van der Waals surface area contributed by atoms with Crippen molar-refractivity contribution in [3.05, 3.63) is 385 Å². The van der Waals surface area contributed by atoms with Crippen LogP contribution in [0.1, 0.15) is 111 Å². The zero-order chi connectivity index (χ0) is 103. The molecule has 12 aliphatic rings. The van der Waals surface area contributed by atoms with E-state index in [1.807, 2.05) is 143 Å². The normalized spacial score (nSPS) is 19.8. The molecule has 756 valence electrons. The van der Waals surface area contributed by atoms with Gasteiger partial charge in [-0.15, -0.1) is 22.7 Å². The minimum atomic E-state index is -1.02. The molecule has 32 nitrogen and oxygen atoms in total. The van der Waals surface area contributed by atoms with Crippen molar-refractivity contribution in [3.63, 3.8) is 0 Å². The van der Waals surface area contributed by atoms with Crippen LogP contribution in [0.3, 0.4) is 0 Å². The van der Waals surface area contributed by atoms with Crippen molar-refractivity contribution < 1.29 is 93.7 Å². The predicted octanol–water partition coefficient (Wildman–Crippen LogP) is 13.7. The first-order valence-corrected chi connectivity index (χ1v) is 49.4. The molecular formula is C108H80F8N16O16S2. The van der Waals surface area contributed by atoms with Crippen molar-refractivity contribution in [1.29, 1.82) is 0 Å². The van der Waals surface area contributed by atoms with E-state index in [1.165, 1.54) is 103 Å². The molecule has 8 aromatic heterocycles. The minimum Gasteiger partial charge on any atom is -0.502 e. The summed E-state index contributed by atoms with van der Waals surface area (Å²) in [4.78, 5) is 120. The lowest BCUT2D eigenvalue weighted by Crippen LogP contribution is -2.66. The van der Waals surface area contributed by atoms with Crippen molar-refractivity contribution in [2.45, 2.75) is 48.8 Å². The van der Waals surface area contributed by atoms with E-state index in [0.29, 0.717) is 54.5 Å². The zero-order valence-corrected chi connectivity index (χ0v) is 80.4. The Labute approximate surface area is 850 Å². The number of rotatable bonds is 4. The molecule has 8 aromatic carbocycles. The fourth-order valence-corrected chi connectivity index (χ4v) is 25.0. The summed E-state index contributed by atoms with van der Waals surface area (Å²) in [6.45, 7) is 2.64. The van der Waals surface area contributed by atoms with Crippen LogP contribution in [-0.4, -0.2) is 205 Å². The molecule has 4 unspecified atom stereocenters. The molecule has 4 N–H and O–H groups in total. The smallest absolute Gasteiger partial charge is 0.278 e. The van der Waals surface area contributed by atoms with Gasteiger partial charge in [-0.25, -0.2) is 45.1 Å². The third-order valence-electron chi connectivity index (χ3n) is 29.8. The molecule has 150 heavy (non-hydrogen) atoms. The van der Waals surface area contributed by atoms with Crippen molar-refractivity contribution in [2.75, 3.05) is 99.1 Å². The highest BCUT2D eigenvalue weighted by molar-refractivity contribution is 7.14. The summed E-state index contributed by atoms with van der Waals surface area (Å²) in [6, 6.07) is 46.0. The predicted molar refractivity (Wildman–Crippen MR) is 530 cm³/mol. The average molecular weight is 2070 g/mol. The summed E-state index contributed by atoms with van der Waals surface area (Å²) in [6.07, 6.45) is 6.72. The molecule has 4 fully saturated rings. The Morgan fingerprint density at radius 2 is 0.540 bits per heavy atom. The van der Waals surface area contributed by atoms with Crippen LogP contribution >= 0.6 is 22.7 Å². The highest BCUT2D eigenvalue weighted by Gasteiger charge is 2.54. The summed E-state index contributed by atoms with van der Waals surface area (Å²) in [7, 11) is 3.70. The average Bonchev–Trinajstić information content (AvgIpc) is 1.48. The quantitative estimate of drug-likeness (QED) is 0.119. The van der Waals surface area contributed by atoms with E-state index >= 15 is 17.6 Å². The number of pyridine rings is 4. The molecule has 42 heteroatoms. The molecule has 8 atom stereocenters. The Morgan fingerprint density at radius 1 is 0.287 bits per heavy atom. The first kappa shape index (κ1) is 94.0. The number of fused-ring (bicyclic) bond motifs is 28. The van der Waals surface area contributed by atoms with Crippen LogP contribution in [0.25, 0.3) is 88.2 Å². The Bertz CT molecular complexity index is 8250. The number of carbonyl (C=O) groups is 4. The minimum absolute atomic E-state index is 0.0319. The van der Waals surface area contributed by atoms with E-state index in [0.717, 1.165) is 80.2 Å². The van der Waals surface area contributed by atoms with Crippen molar-refractivity contribution in [3.8, 4) is 111 Å². The lowest BCUT2D eigenvalue weighted by molar-refractivity contribution is -0.0197. The van der Waals surface area contributed by atoms with E-state index in [2.05, 4.69) is 9.97 Å². The van der Waals surface area contributed by atoms with Crippen LogP contribution < -0.4 is 41.8 Å². The second kappa shape index (κ2) is 35.9. The van der Waals surface area contributed by atoms with Gasteiger partial charge in [0.2, 0.25) is 21.7 Å². The number of hydrogen-bond donors (Lipinski definition) is 4. The monoisotopic (exact) mass is 2070 g/mol. The number of carbonyl (C=O) groups excluding carboxylic acids is 4. The molecule has 16 heterocycles. The number of aromatic nitrogens is 8. The zero-order valence-electron chi connectivity index (χ0n) is 78.7. The molecular weight excluding hydrogens is 1990 g/mol. The number of morpholine rings is 4. The maximum absolute atomic E-state index is 15.7. The Morgan fingerprint density at radius 3 is 0.827 bits per heavy atom. The van der Waals surface area contributed by atoms with Crippen LogP contribution in [0.15, 0.2) is 249 Å². The van der Waals surface area contributed by atoms with Gasteiger partial charge in [0.05, 0.1) is 121 Å². The maximum Gasteiger partial charge on any atom is 0.278 e. The SMILES string of the molecule is Cn1ccc2c1-c1ccccc1C(N1C3COCCN3C(=O)c3c(O)c(=O)ccn31)c1ccc(F)c(F)c1-2.Cn1ccc2c1-c1ccccc1[C@@H](N1[C@@H]3COCCN3C(=O)c3c(O)c(=O)ccn31)c1ccc(F)c(F)c1-2.O=C1c2c(O)c(=O)ccn2N(C2c3ccccc3-c3scnc3-c3c2ccc(F)c3F)C2COCCN12.O=C1c2c(O)c(=O)ccn2N([C@@H]2c3ccccc3-c3scnc3-c3c2ccc(F)c3F)[C@@H]2COCCN12. The number of amides is 4. The van der Waals surface area contributed by atoms with E-state index in [9.17, 15) is 76.3 Å². The van der Waals surface area contributed by atoms with Crippen LogP contribution in [0, 0.1) is 46.5 Å². The number of thiazole rings is 2. The van der Waals surface area contributed by atoms with E-state index in [4.69, 9.17) is 18.9 Å². The van der Waals surface area contributed by atoms with E-state index in [-0.39, 0.29) is 124 Å². The van der Waals surface area contributed by atoms with Gasteiger partial charge in [-0.1, -0.05) is 121 Å². The number of nitrogens with zero attached hydrogens (tertiary/aromatic N) is 16. The topological polar surface area (TPSA) is 336 Å². The third-order valence-corrected chi connectivity index (χ3v) is 31.5. The van der Waals surface area contributed by atoms with E-state index in [1.54, 1.807) is 64.9 Å². The van der Waals surface area contributed by atoms with Gasteiger partial charge in [-0.3, -0.25) is 77.1 Å². The Kier molecular flexibility index (Phi) is 22.5. The fraction of sp³-hybridized carbons (Fsp3) is 0.204. The first-order chi connectivity index (χ1) is 72.7. The van der Waals surface area contributed by atoms with E-state index < -0.39 is 164 Å². The summed E-state index contributed by atoms with van der Waals surface area (Å²) in [5.41, 5.74) is 11.3. The second-order valence-electron chi connectivity index (χ2n) is 37.3. The van der Waals surface area contributed by atoms with Gasteiger partial charge in [0, 0.05) is 146 Å². The van der Waals surface area contributed by atoms with Crippen LogP contribution in [0.5, 0.6) is 23.0 Å². The van der Waals surface area contributed by atoms with Gasteiger partial charge in [-0.2, -0.15) is 0 Å². The maximum atomic E-state index is 15.7. The molecule has 4 aliphatic carbocycles. The number of hydrogen-bond acceptors (Lipinski definition) is 24. The molecule has 0 bridgehead atoms. The molecule has 0 saturated carbocycles. The number of aromatic hydroxyl groups is 4. The number of ether oxygens (including phenoxy) is 4. The molecule has 0 spiro atoms. The summed E-state index contributed by atoms with van der Waals surface area (Å²) >= 11 is 2.65. The standard InChI is InChI=1S/2C28H22F2N4O4.2C26H18F2N4O4S/c2*1-31-10-8-18-22-17(6-7-19(29)23(22)30)25(16-5-3-2-4-15(16)24(18)31)34-21-14-38-13-12-32(21)28(37)26-27(36)20(35)9-11-33(26)34;2*27-16-6-5-15-19(20(16)28)21-25(37-12-29-21)14-4-2-1-3-13(14)22(15)32-18-11-36-10-9-30(18)26(35)23-24(34)17(33)7-8-31(23)32/h2*2-11,21,25,36H,12-14H2,1H3;2*1-8,12,18,22,34H,9-11H2/t21-,25-;;18-,22-;/m1.1./s1. The van der Waals surface area contributed by atoms with Crippen molar-refractivity contribution >= 4 is 46.3 Å². The van der Waals surface area contributed by atoms with Crippen LogP contribution in [0.2, 0.25) is 0 Å². The molecule has 4 amide bonds.